The van der Waals surface area contributed by atoms with Crippen molar-refractivity contribution < 1.29 is 8.78 Å². The van der Waals surface area contributed by atoms with Gasteiger partial charge in [-0.15, -0.1) is 0 Å². The van der Waals surface area contributed by atoms with Crippen molar-refractivity contribution in [2.75, 3.05) is 13.1 Å². The molecular formula is C29H24F2N4. The van der Waals surface area contributed by atoms with Gasteiger partial charge >= 0.3 is 0 Å². The van der Waals surface area contributed by atoms with E-state index < -0.39 is 17.4 Å². The molecule has 1 aliphatic heterocycles. The Morgan fingerprint density at radius 2 is 1.69 bits per heavy atom. The van der Waals surface area contributed by atoms with Gasteiger partial charge in [-0.25, -0.2) is 8.78 Å². The lowest BCUT2D eigenvalue weighted by Crippen LogP contribution is -2.52. The highest BCUT2D eigenvalue weighted by Crippen LogP contribution is 2.42. The molecule has 0 radical (unpaired) electrons. The minimum atomic E-state index is -1.58. The number of rotatable bonds is 6. The summed E-state index contributed by atoms with van der Waals surface area (Å²) in [5, 5.41) is 28.0. The van der Waals surface area contributed by atoms with Gasteiger partial charge in [0.2, 0.25) is 0 Å². The molecule has 0 aliphatic carbocycles. The Bertz CT molecular complexity index is 1380. The van der Waals surface area contributed by atoms with E-state index in [2.05, 4.69) is 17.0 Å². The molecule has 174 valence electrons. The zero-order valence-electron chi connectivity index (χ0n) is 19.6. The summed E-state index contributed by atoms with van der Waals surface area (Å²) in [6.45, 7) is 4.89. The fourth-order valence-electron chi connectivity index (χ4n) is 5.08. The Hall–Kier alpha value is -4.05. The average Bonchev–Trinajstić information content (AvgIpc) is 2.81. The summed E-state index contributed by atoms with van der Waals surface area (Å²) in [5.41, 5.74) is 2.77. The molecule has 3 aromatic carbocycles. The van der Waals surface area contributed by atoms with E-state index in [-0.39, 0.29) is 11.5 Å². The maximum atomic E-state index is 15.2. The van der Waals surface area contributed by atoms with E-state index in [0.717, 1.165) is 22.8 Å². The van der Waals surface area contributed by atoms with Gasteiger partial charge in [0.05, 0.1) is 34.9 Å². The average molecular weight is 467 g/mol. The second kappa shape index (κ2) is 9.67. The lowest BCUT2D eigenvalue weighted by molar-refractivity contribution is 0.0212. The highest BCUT2D eigenvalue weighted by Gasteiger charge is 2.43. The van der Waals surface area contributed by atoms with Crippen LogP contribution in [0.5, 0.6) is 0 Å². The van der Waals surface area contributed by atoms with Gasteiger partial charge in [-0.3, -0.25) is 4.90 Å². The molecular weight excluding hydrogens is 442 g/mol. The summed E-state index contributed by atoms with van der Waals surface area (Å²) in [6, 6.07) is 23.2. The summed E-state index contributed by atoms with van der Waals surface area (Å²) in [5.74, 6) is -1.09. The van der Waals surface area contributed by atoms with Crippen LogP contribution in [0.25, 0.3) is 11.1 Å². The van der Waals surface area contributed by atoms with Crippen LogP contribution in [0.15, 0.2) is 60.7 Å². The van der Waals surface area contributed by atoms with Crippen LogP contribution in [-0.4, -0.2) is 23.7 Å². The van der Waals surface area contributed by atoms with E-state index in [9.17, 15) is 20.2 Å². The second-order valence-electron chi connectivity index (χ2n) is 9.57. The number of likely N-dealkylation sites (tertiary alicyclic amines) is 1. The number of hydrogen-bond donors (Lipinski definition) is 0. The van der Waals surface area contributed by atoms with Crippen molar-refractivity contribution in [2.24, 2.45) is 5.92 Å². The van der Waals surface area contributed by atoms with E-state index in [1.54, 1.807) is 30.3 Å². The third-order valence-electron chi connectivity index (χ3n) is 6.52. The molecule has 1 atom stereocenters. The molecule has 0 bridgehead atoms. The predicted molar refractivity (Wildman–Crippen MR) is 129 cm³/mol. The van der Waals surface area contributed by atoms with Gasteiger partial charge in [0, 0.05) is 25.6 Å². The molecule has 0 N–H and O–H groups in total. The largest absolute Gasteiger partial charge is 0.298 e. The van der Waals surface area contributed by atoms with Crippen molar-refractivity contribution in [3.63, 3.8) is 0 Å². The highest BCUT2D eigenvalue weighted by atomic mass is 19.1. The Morgan fingerprint density at radius 1 is 0.943 bits per heavy atom. The summed E-state index contributed by atoms with van der Waals surface area (Å²) < 4.78 is 29.3. The minimum absolute atomic E-state index is 0.0199. The van der Waals surface area contributed by atoms with E-state index in [1.165, 1.54) is 19.9 Å². The molecule has 1 heterocycles. The normalized spacial score (nSPS) is 14.9. The van der Waals surface area contributed by atoms with Crippen molar-refractivity contribution in [2.45, 2.75) is 32.0 Å². The fraction of sp³-hybridized carbons (Fsp3) is 0.276. The van der Waals surface area contributed by atoms with Gasteiger partial charge in [0.25, 0.3) is 0 Å². The molecule has 0 spiro atoms. The van der Waals surface area contributed by atoms with Crippen molar-refractivity contribution in [1.29, 1.82) is 15.8 Å². The van der Waals surface area contributed by atoms with E-state index in [1.807, 2.05) is 24.3 Å². The first-order valence-corrected chi connectivity index (χ1v) is 11.4. The molecule has 6 heteroatoms. The van der Waals surface area contributed by atoms with Crippen LogP contribution in [0.3, 0.4) is 0 Å². The van der Waals surface area contributed by atoms with Crippen LogP contribution in [0.4, 0.5) is 8.78 Å². The van der Waals surface area contributed by atoms with Crippen LogP contribution in [0.1, 0.15) is 47.6 Å². The van der Waals surface area contributed by atoms with Gasteiger partial charge in [0.15, 0.2) is 0 Å². The molecule has 0 aromatic heterocycles. The number of nitrogens with zero attached hydrogens (tertiary/aromatic N) is 4. The summed E-state index contributed by atoms with van der Waals surface area (Å²) >= 11 is 0. The molecule has 1 fully saturated rings. The van der Waals surface area contributed by atoms with E-state index >= 15 is 4.39 Å². The van der Waals surface area contributed by atoms with Crippen LogP contribution in [0, 0.1) is 45.7 Å². The third-order valence-corrected chi connectivity index (χ3v) is 6.52. The van der Waals surface area contributed by atoms with Crippen LogP contribution in [-0.2, 0) is 6.54 Å². The first-order chi connectivity index (χ1) is 16.7. The zero-order valence-corrected chi connectivity index (χ0v) is 19.6. The Morgan fingerprint density at radius 3 is 2.34 bits per heavy atom. The maximum Gasteiger partial charge on any atom is 0.124 e. The lowest BCUT2D eigenvalue weighted by Gasteiger charge is -2.46. The topological polar surface area (TPSA) is 74.6 Å². The standard InChI is InChI=1S/C29H24F2N4/c1-29(2,31)28(24-9-21(14-33)10-26(30)12-24)25-17-35(18-25)16-20-6-7-23(15-34)27(11-20)22-5-3-4-19(8-22)13-32/h3-12,25,28H,16-18H2,1-2H3/t28-/m1/s1. The van der Waals surface area contributed by atoms with Crippen molar-refractivity contribution in [1.82, 2.24) is 4.90 Å². The first kappa shape index (κ1) is 24.1. The molecule has 4 rings (SSSR count). The zero-order chi connectivity index (χ0) is 25.2. The highest BCUT2D eigenvalue weighted by molar-refractivity contribution is 5.72. The van der Waals surface area contributed by atoms with Crippen molar-refractivity contribution >= 4 is 0 Å². The molecule has 3 aromatic rings. The summed E-state index contributed by atoms with van der Waals surface area (Å²) in [4.78, 5) is 2.19. The fourth-order valence-corrected chi connectivity index (χ4v) is 5.08. The first-order valence-electron chi connectivity index (χ1n) is 11.4. The van der Waals surface area contributed by atoms with Crippen LogP contribution in [0.2, 0.25) is 0 Å². The minimum Gasteiger partial charge on any atom is -0.298 e. The Kier molecular flexibility index (Phi) is 6.65. The number of halogens is 2. The second-order valence-corrected chi connectivity index (χ2v) is 9.57. The number of nitriles is 3. The van der Waals surface area contributed by atoms with Gasteiger partial charge in [-0.05, 0) is 84.5 Å². The summed E-state index contributed by atoms with van der Waals surface area (Å²) in [6.07, 6.45) is 0. The van der Waals surface area contributed by atoms with Gasteiger partial charge in [0.1, 0.15) is 11.5 Å². The third kappa shape index (κ3) is 5.22. The molecule has 1 saturated heterocycles. The quantitative estimate of drug-likeness (QED) is 0.442. The van der Waals surface area contributed by atoms with Crippen LogP contribution >= 0.6 is 0 Å². The van der Waals surface area contributed by atoms with E-state index in [0.29, 0.717) is 36.3 Å². The van der Waals surface area contributed by atoms with Crippen molar-refractivity contribution in [3.8, 4) is 29.3 Å². The smallest absolute Gasteiger partial charge is 0.124 e. The monoisotopic (exact) mass is 466 g/mol. The van der Waals surface area contributed by atoms with Crippen LogP contribution < -0.4 is 0 Å². The SMILES string of the molecule is CC(C)(F)[C@H](c1cc(F)cc(C#N)c1)C1CN(Cc2ccc(C#N)c(-c3cccc(C#N)c3)c2)C1. The molecule has 0 amide bonds. The Labute approximate surface area is 204 Å². The lowest BCUT2D eigenvalue weighted by atomic mass is 9.72. The molecule has 35 heavy (non-hydrogen) atoms. The van der Waals surface area contributed by atoms with Gasteiger partial charge in [-0.1, -0.05) is 18.2 Å². The predicted octanol–water partition coefficient (Wildman–Crippen LogP) is 6.07. The molecule has 0 saturated carbocycles. The number of alkyl halides is 1. The molecule has 4 nitrogen and oxygen atoms in total. The van der Waals surface area contributed by atoms with Crippen molar-refractivity contribution in [3.05, 3.63) is 94.3 Å². The number of hydrogen-bond acceptors (Lipinski definition) is 4. The molecule has 1 aliphatic rings. The summed E-state index contributed by atoms with van der Waals surface area (Å²) in [7, 11) is 0. The Balaban J connectivity index is 1.53. The molecule has 0 unspecified atom stereocenters. The number of benzene rings is 3. The van der Waals surface area contributed by atoms with E-state index in [4.69, 9.17) is 0 Å². The van der Waals surface area contributed by atoms with Gasteiger partial charge in [-0.2, -0.15) is 15.8 Å². The maximum absolute atomic E-state index is 15.2. The van der Waals surface area contributed by atoms with Gasteiger partial charge < -0.3 is 0 Å².